The third-order valence-electron chi connectivity index (χ3n) is 7.03. The Morgan fingerprint density at radius 1 is 1.16 bits per heavy atom. The van der Waals surface area contributed by atoms with Crippen LogP contribution in [0.4, 0.5) is 4.39 Å². The van der Waals surface area contributed by atoms with Gasteiger partial charge in [-0.25, -0.2) is 4.39 Å². The standard InChI is InChI=1S/C26H33FO4/c1-16-11-19-6-3-17(2)23(10-9-22-13-21(28)14-25(29)31-22)26(19)24(12-16)30-15-18-4-7-20(27)8-5-18/h3-8,11,16-17,21-24,26,28H,9-10,12-15H2,1-2H3. The van der Waals surface area contributed by atoms with Crippen LogP contribution in [-0.4, -0.2) is 29.4 Å². The van der Waals surface area contributed by atoms with Crippen LogP contribution in [0.3, 0.4) is 0 Å². The number of allylic oxidation sites excluding steroid dienone is 3. The van der Waals surface area contributed by atoms with Gasteiger partial charge in [0.15, 0.2) is 0 Å². The highest BCUT2D eigenvalue weighted by Crippen LogP contribution is 2.45. The fraction of sp³-hybridized carbons (Fsp3) is 0.577. The first-order valence-electron chi connectivity index (χ1n) is 11.5. The Kier molecular flexibility index (Phi) is 6.92. The van der Waals surface area contributed by atoms with Crippen molar-refractivity contribution in [2.45, 2.75) is 70.9 Å². The van der Waals surface area contributed by atoms with E-state index in [1.165, 1.54) is 17.7 Å². The van der Waals surface area contributed by atoms with Crippen LogP contribution in [0.15, 0.2) is 48.1 Å². The molecule has 0 amide bonds. The van der Waals surface area contributed by atoms with Crippen molar-refractivity contribution in [3.8, 4) is 0 Å². The normalized spacial score (nSPS) is 35.3. The van der Waals surface area contributed by atoms with Crippen molar-refractivity contribution in [1.82, 2.24) is 0 Å². The monoisotopic (exact) mass is 428 g/mol. The molecule has 168 valence electrons. The van der Waals surface area contributed by atoms with Crippen molar-refractivity contribution < 1.29 is 23.8 Å². The van der Waals surface area contributed by atoms with Crippen LogP contribution in [0.1, 0.15) is 51.5 Å². The molecule has 4 rings (SSSR count). The van der Waals surface area contributed by atoms with Gasteiger partial charge in [-0.1, -0.05) is 44.2 Å². The van der Waals surface area contributed by atoms with E-state index < -0.39 is 6.10 Å². The largest absolute Gasteiger partial charge is 0.462 e. The number of carbonyl (C=O) groups is 1. The van der Waals surface area contributed by atoms with Crippen LogP contribution in [0, 0.1) is 29.5 Å². The Hall–Kier alpha value is -1.98. The lowest BCUT2D eigenvalue weighted by molar-refractivity contribution is -0.160. The van der Waals surface area contributed by atoms with E-state index in [2.05, 4.69) is 32.1 Å². The highest BCUT2D eigenvalue weighted by atomic mass is 19.1. The summed E-state index contributed by atoms with van der Waals surface area (Å²) >= 11 is 0. The van der Waals surface area contributed by atoms with E-state index in [4.69, 9.17) is 9.47 Å². The molecule has 0 aromatic heterocycles. The molecule has 5 heteroatoms. The first-order chi connectivity index (χ1) is 14.9. The van der Waals surface area contributed by atoms with Crippen molar-refractivity contribution in [1.29, 1.82) is 0 Å². The number of cyclic esters (lactones) is 1. The third-order valence-corrected chi connectivity index (χ3v) is 7.03. The number of rotatable bonds is 6. The van der Waals surface area contributed by atoms with E-state index in [1.807, 2.05) is 0 Å². The number of fused-ring (bicyclic) bond motifs is 1. The highest BCUT2D eigenvalue weighted by molar-refractivity contribution is 5.70. The number of halogens is 1. The Balaban J connectivity index is 1.46. The maximum absolute atomic E-state index is 13.2. The molecule has 0 saturated carbocycles. The molecule has 7 atom stereocenters. The van der Waals surface area contributed by atoms with Crippen LogP contribution in [0.25, 0.3) is 0 Å². The molecule has 0 radical (unpaired) electrons. The third kappa shape index (κ3) is 5.45. The molecule has 1 N–H and O–H groups in total. The molecular weight excluding hydrogens is 395 g/mol. The maximum atomic E-state index is 13.2. The van der Waals surface area contributed by atoms with Gasteiger partial charge in [-0.3, -0.25) is 4.79 Å². The summed E-state index contributed by atoms with van der Waals surface area (Å²) in [6.07, 6.45) is 9.46. The minimum atomic E-state index is -0.590. The molecular formula is C26H33FO4. The SMILES string of the molecule is CC1C=C2C=CC(C)C(CCC3CC(O)CC(=O)O3)C2C(OCc2ccc(F)cc2)C1. The van der Waals surface area contributed by atoms with Crippen LogP contribution >= 0.6 is 0 Å². The summed E-state index contributed by atoms with van der Waals surface area (Å²) in [5, 5.41) is 9.93. The average molecular weight is 429 g/mol. The van der Waals surface area contributed by atoms with Crippen molar-refractivity contribution >= 4 is 5.97 Å². The summed E-state index contributed by atoms with van der Waals surface area (Å²) in [6.45, 7) is 4.94. The van der Waals surface area contributed by atoms with Crippen LogP contribution < -0.4 is 0 Å². The molecule has 1 fully saturated rings. The molecule has 1 aromatic carbocycles. The topological polar surface area (TPSA) is 55.8 Å². The summed E-state index contributed by atoms with van der Waals surface area (Å²) in [5.41, 5.74) is 2.32. The molecule has 31 heavy (non-hydrogen) atoms. The minimum Gasteiger partial charge on any atom is -0.462 e. The second kappa shape index (κ2) is 9.66. The molecule has 1 aromatic rings. The van der Waals surface area contributed by atoms with Crippen molar-refractivity contribution in [2.24, 2.45) is 23.7 Å². The molecule has 2 aliphatic carbocycles. The van der Waals surface area contributed by atoms with E-state index in [1.54, 1.807) is 12.1 Å². The van der Waals surface area contributed by atoms with E-state index in [0.29, 0.717) is 36.7 Å². The quantitative estimate of drug-likeness (QED) is 0.651. The van der Waals surface area contributed by atoms with E-state index in [9.17, 15) is 14.3 Å². The summed E-state index contributed by atoms with van der Waals surface area (Å²) in [5.74, 6) is 0.989. The first-order valence-corrected chi connectivity index (χ1v) is 11.5. The van der Waals surface area contributed by atoms with Gasteiger partial charge >= 0.3 is 5.97 Å². The van der Waals surface area contributed by atoms with Crippen molar-refractivity contribution in [3.63, 3.8) is 0 Å². The van der Waals surface area contributed by atoms with Crippen molar-refractivity contribution in [3.05, 3.63) is 59.4 Å². The van der Waals surface area contributed by atoms with Gasteiger partial charge in [0, 0.05) is 12.3 Å². The zero-order valence-electron chi connectivity index (χ0n) is 18.4. The molecule has 7 unspecified atom stereocenters. The van der Waals surface area contributed by atoms with Gasteiger partial charge in [0.1, 0.15) is 11.9 Å². The number of esters is 1. The number of hydrogen-bond donors (Lipinski definition) is 1. The second-order valence-corrected chi connectivity index (χ2v) is 9.55. The number of hydrogen-bond acceptors (Lipinski definition) is 4. The van der Waals surface area contributed by atoms with E-state index in [0.717, 1.165) is 24.8 Å². The lowest BCUT2D eigenvalue weighted by atomic mass is 9.65. The number of aliphatic hydroxyl groups is 1. The molecule has 0 spiro atoms. The van der Waals surface area contributed by atoms with E-state index in [-0.39, 0.29) is 30.4 Å². The van der Waals surface area contributed by atoms with Gasteiger partial charge < -0.3 is 14.6 Å². The Morgan fingerprint density at radius 2 is 1.94 bits per heavy atom. The Labute approximate surface area is 184 Å². The second-order valence-electron chi connectivity index (χ2n) is 9.55. The lowest BCUT2D eigenvalue weighted by Gasteiger charge is -2.43. The van der Waals surface area contributed by atoms with Gasteiger partial charge in [-0.2, -0.15) is 0 Å². The van der Waals surface area contributed by atoms with Crippen LogP contribution in [0.5, 0.6) is 0 Å². The predicted molar refractivity (Wildman–Crippen MR) is 116 cm³/mol. The maximum Gasteiger partial charge on any atom is 0.308 e. The minimum absolute atomic E-state index is 0.0944. The summed E-state index contributed by atoms with van der Waals surface area (Å²) in [7, 11) is 0. The number of aliphatic hydroxyl groups excluding tert-OH is 1. The van der Waals surface area contributed by atoms with Gasteiger partial charge in [0.25, 0.3) is 0 Å². The smallest absolute Gasteiger partial charge is 0.308 e. The van der Waals surface area contributed by atoms with Gasteiger partial charge in [-0.15, -0.1) is 0 Å². The fourth-order valence-electron chi connectivity index (χ4n) is 5.47. The van der Waals surface area contributed by atoms with Gasteiger partial charge in [0.05, 0.1) is 25.2 Å². The average Bonchev–Trinajstić information content (AvgIpc) is 2.72. The number of carbonyl (C=O) groups excluding carboxylic acids is 1. The highest BCUT2D eigenvalue weighted by Gasteiger charge is 2.40. The van der Waals surface area contributed by atoms with Crippen LogP contribution in [-0.2, 0) is 20.9 Å². The lowest BCUT2D eigenvalue weighted by Crippen LogP contribution is -2.40. The molecule has 3 aliphatic rings. The number of ether oxygens (including phenoxy) is 2. The Morgan fingerprint density at radius 3 is 2.68 bits per heavy atom. The first kappa shape index (κ1) is 22.2. The van der Waals surface area contributed by atoms with Gasteiger partial charge in [0.2, 0.25) is 0 Å². The predicted octanol–water partition coefficient (Wildman–Crippen LogP) is 4.96. The Bertz CT molecular complexity index is 830. The van der Waals surface area contributed by atoms with Crippen molar-refractivity contribution in [2.75, 3.05) is 0 Å². The molecule has 1 aliphatic heterocycles. The molecule has 4 nitrogen and oxygen atoms in total. The van der Waals surface area contributed by atoms with E-state index >= 15 is 0 Å². The molecule has 0 bridgehead atoms. The molecule has 1 saturated heterocycles. The summed E-state index contributed by atoms with van der Waals surface area (Å²) in [4.78, 5) is 11.7. The van der Waals surface area contributed by atoms with Crippen LogP contribution in [0.2, 0.25) is 0 Å². The summed E-state index contributed by atoms with van der Waals surface area (Å²) < 4.78 is 25.1. The van der Waals surface area contributed by atoms with Gasteiger partial charge in [-0.05, 0) is 60.3 Å². The summed E-state index contributed by atoms with van der Waals surface area (Å²) in [6, 6.07) is 6.51. The zero-order valence-corrected chi connectivity index (χ0v) is 18.4. The number of benzene rings is 1. The molecule has 1 heterocycles. The zero-order chi connectivity index (χ0) is 22.0. The fourth-order valence-corrected chi connectivity index (χ4v) is 5.47.